The lowest BCUT2D eigenvalue weighted by Crippen LogP contribution is -2.08. The molecule has 8 heteroatoms. The van der Waals surface area contributed by atoms with Gasteiger partial charge in [-0.1, -0.05) is 11.6 Å². The largest absolute Gasteiger partial charge is 0.419 e. The molecule has 0 fully saturated rings. The summed E-state index contributed by atoms with van der Waals surface area (Å²) in [7, 11) is 0. The molecule has 1 nitrogen and oxygen atoms in total. The zero-order valence-electron chi connectivity index (χ0n) is 6.75. The van der Waals surface area contributed by atoms with Gasteiger partial charge in [0.05, 0.1) is 10.6 Å². The molecule has 0 unspecified atom stereocenters. The van der Waals surface area contributed by atoms with Gasteiger partial charge in [-0.3, -0.25) is 0 Å². The summed E-state index contributed by atoms with van der Waals surface area (Å²) in [6, 6.07) is 0.417. The van der Waals surface area contributed by atoms with E-state index in [1.54, 1.807) is 0 Å². The van der Waals surface area contributed by atoms with Crippen LogP contribution in [-0.4, -0.2) is 4.98 Å². The summed E-state index contributed by atoms with van der Waals surface area (Å²) in [4.78, 5) is 3.05. The number of rotatable bonds is 1. The maximum Gasteiger partial charge on any atom is 0.419 e. The Morgan fingerprint density at radius 1 is 1.33 bits per heavy atom. The monoisotopic (exact) mass is 309 g/mol. The molecule has 1 heterocycles. The van der Waals surface area contributed by atoms with Crippen LogP contribution >= 0.6 is 27.5 Å². The van der Waals surface area contributed by atoms with Crippen LogP contribution in [0.5, 0.6) is 0 Å². The number of halogens is 7. The van der Waals surface area contributed by atoms with Gasteiger partial charge >= 0.3 is 6.18 Å². The second kappa shape index (κ2) is 4.21. The average Bonchev–Trinajstić information content (AvgIpc) is 2.06. The van der Waals surface area contributed by atoms with E-state index in [0.29, 0.717) is 6.07 Å². The first-order valence-electron chi connectivity index (χ1n) is 3.44. The standard InChI is InChI=1S/C7H2BrClF5N/c8-5-2(7(12,13)14)1-3(9)4(15-5)6(10)11/h1,6H. The van der Waals surface area contributed by atoms with Crippen LogP contribution in [-0.2, 0) is 6.18 Å². The van der Waals surface area contributed by atoms with Gasteiger partial charge in [0, 0.05) is 0 Å². The lowest BCUT2D eigenvalue weighted by molar-refractivity contribution is -0.138. The highest BCUT2D eigenvalue weighted by Crippen LogP contribution is 2.37. The van der Waals surface area contributed by atoms with Crippen molar-refractivity contribution in [3.05, 3.63) is 26.9 Å². The Hall–Kier alpha value is -0.430. The fraction of sp³-hybridized carbons (Fsp3) is 0.286. The topological polar surface area (TPSA) is 12.9 Å². The van der Waals surface area contributed by atoms with Crippen LogP contribution in [0.1, 0.15) is 17.7 Å². The summed E-state index contributed by atoms with van der Waals surface area (Å²) >= 11 is 7.70. The molecule has 0 amide bonds. The second-order valence-corrected chi connectivity index (χ2v) is 3.65. The van der Waals surface area contributed by atoms with Crippen LogP contribution in [0.15, 0.2) is 10.7 Å². The van der Waals surface area contributed by atoms with Gasteiger partial charge in [-0.15, -0.1) is 0 Å². The highest BCUT2D eigenvalue weighted by molar-refractivity contribution is 9.10. The predicted molar refractivity (Wildman–Crippen MR) is 46.9 cm³/mol. The number of pyridine rings is 1. The normalized spacial score (nSPS) is 12.3. The molecule has 0 saturated carbocycles. The van der Waals surface area contributed by atoms with Crippen LogP contribution in [0.2, 0.25) is 5.02 Å². The van der Waals surface area contributed by atoms with Crippen LogP contribution < -0.4 is 0 Å². The third kappa shape index (κ3) is 2.78. The summed E-state index contributed by atoms with van der Waals surface area (Å²) in [5, 5.41) is -0.708. The van der Waals surface area contributed by atoms with Crippen molar-refractivity contribution in [2.45, 2.75) is 12.6 Å². The van der Waals surface area contributed by atoms with Crippen molar-refractivity contribution in [3.8, 4) is 0 Å². The van der Waals surface area contributed by atoms with Gasteiger partial charge in [0.1, 0.15) is 10.3 Å². The fourth-order valence-corrected chi connectivity index (χ4v) is 1.60. The Bertz CT molecular complexity index is 378. The maximum atomic E-state index is 12.2. The Kier molecular flexibility index (Phi) is 3.55. The smallest absolute Gasteiger partial charge is 0.238 e. The number of aromatic nitrogens is 1. The van der Waals surface area contributed by atoms with E-state index in [-0.39, 0.29) is 0 Å². The molecule has 1 rings (SSSR count). The predicted octanol–water partition coefficient (Wildman–Crippen LogP) is 4.45. The van der Waals surface area contributed by atoms with Crippen LogP contribution in [0.4, 0.5) is 22.0 Å². The molecule has 0 aliphatic heterocycles. The van der Waals surface area contributed by atoms with E-state index in [0.717, 1.165) is 0 Å². The highest BCUT2D eigenvalue weighted by atomic mass is 79.9. The highest BCUT2D eigenvalue weighted by Gasteiger charge is 2.35. The Balaban J connectivity index is 3.32. The van der Waals surface area contributed by atoms with Crippen molar-refractivity contribution in [1.29, 1.82) is 0 Å². The number of hydrogen-bond donors (Lipinski definition) is 0. The Morgan fingerprint density at radius 2 is 1.87 bits per heavy atom. The van der Waals surface area contributed by atoms with Crippen molar-refractivity contribution < 1.29 is 22.0 Å². The third-order valence-corrected chi connectivity index (χ3v) is 2.38. The van der Waals surface area contributed by atoms with Gasteiger partial charge in [0.25, 0.3) is 6.43 Å². The van der Waals surface area contributed by atoms with Crippen molar-refractivity contribution in [2.24, 2.45) is 0 Å². The molecule has 15 heavy (non-hydrogen) atoms. The fourth-order valence-electron chi connectivity index (χ4n) is 0.831. The summed E-state index contributed by atoms with van der Waals surface area (Å²) in [5.41, 5.74) is -2.06. The summed E-state index contributed by atoms with van der Waals surface area (Å²) < 4.78 is 60.4. The van der Waals surface area contributed by atoms with E-state index < -0.39 is 33.5 Å². The minimum atomic E-state index is -4.68. The van der Waals surface area contributed by atoms with Crippen molar-refractivity contribution in [1.82, 2.24) is 4.98 Å². The van der Waals surface area contributed by atoms with Crippen LogP contribution in [0.3, 0.4) is 0 Å². The van der Waals surface area contributed by atoms with Gasteiger partial charge < -0.3 is 0 Å². The zero-order valence-corrected chi connectivity index (χ0v) is 9.09. The van der Waals surface area contributed by atoms with E-state index in [2.05, 4.69) is 20.9 Å². The third-order valence-electron chi connectivity index (χ3n) is 1.47. The summed E-state index contributed by atoms with van der Waals surface area (Å²) in [6.45, 7) is 0. The SMILES string of the molecule is FC(F)c1nc(Br)c(C(F)(F)F)cc1Cl. The van der Waals surface area contributed by atoms with E-state index in [4.69, 9.17) is 11.6 Å². The van der Waals surface area contributed by atoms with Crippen molar-refractivity contribution >= 4 is 27.5 Å². The molecule has 0 aliphatic carbocycles. The molecular weight excluding hydrogens is 308 g/mol. The lowest BCUT2D eigenvalue weighted by atomic mass is 10.2. The Labute approximate surface area is 94.4 Å². The number of nitrogens with zero attached hydrogens (tertiary/aromatic N) is 1. The summed E-state index contributed by atoms with van der Waals surface area (Å²) in [6.07, 6.45) is -7.70. The van der Waals surface area contributed by atoms with Gasteiger partial charge in [-0.05, 0) is 22.0 Å². The molecule has 0 N–H and O–H groups in total. The zero-order chi connectivity index (χ0) is 11.8. The van der Waals surface area contributed by atoms with Crippen LogP contribution in [0.25, 0.3) is 0 Å². The Morgan fingerprint density at radius 3 is 2.27 bits per heavy atom. The van der Waals surface area contributed by atoms with Crippen molar-refractivity contribution in [3.63, 3.8) is 0 Å². The van der Waals surface area contributed by atoms with E-state index >= 15 is 0 Å². The quantitative estimate of drug-likeness (QED) is 0.551. The van der Waals surface area contributed by atoms with Crippen LogP contribution in [0, 0.1) is 0 Å². The molecule has 84 valence electrons. The lowest BCUT2D eigenvalue weighted by Gasteiger charge is -2.10. The molecule has 0 radical (unpaired) electrons. The average molecular weight is 310 g/mol. The molecule has 0 aliphatic rings. The van der Waals surface area contributed by atoms with Gasteiger partial charge in [0.15, 0.2) is 0 Å². The maximum absolute atomic E-state index is 12.2. The van der Waals surface area contributed by atoms with E-state index in [1.807, 2.05) is 0 Å². The molecular formula is C7H2BrClF5N. The first-order valence-corrected chi connectivity index (χ1v) is 4.62. The minimum absolute atomic E-state index is 0.417. The molecule has 0 aromatic carbocycles. The molecule has 0 bridgehead atoms. The molecule has 0 saturated heterocycles. The van der Waals surface area contributed by atoms with Crippen molar-refractivity contribution in [2.75, 3.05) is 0 Å². The first kappa shape index (κ1) is 12.6. The van der Waals surface area contributed by atoms with E-state index in [1.165, 1.54) is 0 Å². The van der Waals surface area contributed by atoms with Gasteiger partial charge in [0.2, 0.25) is 0 Å². The van der Waals surface area contributed by atoms with Gasteiger partial charge in [-0.25, -0.2) is 13.8 Å². The van der Waals surface area contributed by atoms with E-state index in [9.17, 15) is 22.0 Å². The van der Waals surface area contributed by atoms with Gasteiger partial charge in [-0.2, -0.15) is 13.2 Å². The summed E-state index contributed by atoms with van der Waals surface area (Å²) in [5.74, 6) is 0. The molecule has 1 aromatic rings. The number of hydrogen-bond acceptors (Lipinski definition) is 1. The molecule has 0 spiro atoms. The molecule has 0 atom stereocenters. The number of alkyl halides is 5. The minimum Gasteiger partial charge on any atom is -0.238 e. The second-order valence-electron chi connectivity index (χ2n) is 2.49. The first-order chi connectivity index (χ1) is 6.73. The molecule has 1 aromatic heterocycles.